The monoisotopic (exact) mass is 425 g/mol. The van der Waals surface area contributed by atoms with Crippen LogP contribution in [0.4, 0.5) is 0 Å². The highest BCUT2D eigenvalue weighted by atomic mass is 35.5. The van der Waals surface area contributed by atoms with Crippen molar-refractivity contribution in [2.45, 2.75) is 44.2 Å². The van der Waals surface area contributed by atoms with Gasteiger partial charge in [0, 0.05) is 11.6 Å². The van der Waals surface area contributed by atoms with Crippen LogP contribution in [0, 0.1) is 0 Å². The van der Waals surface area contributed by atoms with E-state index >= 15 is 0 Å². The molecule has 156 valence electrons. The lowest BCUT2D eigenvalue weighted by Crippen LogP contribution is -2.40. The largest absolute Gasteiger partial charge is 0.507 e. The zero-order chi connectivity index (χ0) is 21.3. The maximum Gasteiger partial charge on any atom is 0.295 e. The van der Waals surface area contributed by atoms with E-state index in [-0.39, 0.29) is 17.4 Å². The average Bonchev–Trinajstić information content (AvgIpc) is 3.05. The fourth-order valence-corrected chi connectivity index (χ4v) is 4.71. The number of ketones is 1. The van der Waals surface area contributed by atoms with Gasteiger partial charge < -0.3 is 14.7 Å². The van der Waals surface area contributed by atoms with Crippen molar-refractivity contribution in [2.24, 2.45) is 0 Å². The van der Waals surface area contributed by atoms with Gasteiger partial charge >= 0.3 is 0 Å². The average molecular weight is 426 g/mol. The Morgan fingerprint density at radius 3 is 2.43 bits per heavy atom. The van der Waals surface area contributed by atoms with Crippen LogP contribution in [-0.2, 0) is 9.59 Å². The molecule has 2 aliphatic rings. The maximum atomic E-state index is 13.1. The Morgan fingerprint density at radius 1 is 1.07 bits per heavy atom. The van der Waals surface area contributed by atoms with Gasteiger partial charge in [0.25, 0.3) is 11.7 Å². The molecule has 1 heterocycles. The molecule has 0 bridgehead atoms. The van der Waals surface area contributed by atoms with E-state index in [1.54, 1.807) is 23.1 Å². The lowest BCUT2D eigenvalue weighted by molar-refractivity contribution is -0.141. The summed E-state index contributed by atoms with van der Waals surface area (Å²) in [5, 5.41) is 11.5. The molecular weight excluding hydrogens is 402 g/mol. The molecule has 1 N–H and O–H groups in total. The second-order valence-corrected chi connectivity index (χ2v) is 8.17. The van der Waals surface area contributed by atoms with Crippen molar-refractivity contribution < 1.29 is 19.4 Å². The summed E-state index contributed by atoms with van der Waals surface area (Å²) >= 11 is 6.11. The summed E-state index contributed by atoms with van der Waals surface area (Å²) in [5.74, 6) is -1.02. The summed E-state index contributed by atoms with van der Waals surface area (Å²) in [5.41, 5.74) is 1.31. The third kappa shape index (κ3) is 3.58. The highest BCUT2D eigenvalue weighted by molar-refractivity contribution is 6.46. The number of carbonyl (C=O) groups is 2. The third-order valence-electron chi connectivity index (χ3n) is 5.99. The van der Waals surface area contributed by atoms with Gasteiger partial charge in [0.2, 0.25) is 0 Å². The number of halogens is 1. The second kappa shape index (κ2) is 8.52. The van der Waals surface area contributed by atoms with E-state index in [1.165, 1.54) is 7.11 Å². The highest BCUT2D eigenvalue weighted by Crippen LogP contribution is 2.43. The summed E-state index contributed by atoms with van der Waals surface area (Å²) in [7, 11) is 1.48. The van der Waals surface area contributed by atoms with Crippen molar-refractivity contribution in [2.75, 3.05) is 7.11 Å². The smallest absolute Gasteiger partial charge is 0.295 e. The van der Waals surface area contributed by atoms with Crippen LogP contribution < -0.4 is 4.74 Å². The number of likely N-dealkylation sites (tertiary alicyclic amines) is 1. The number of amides is 1. The summed E-state index contributed by atoms with van der Waals surface area (Å²) in [6, 6.07) is 13.6. The van der Waals surface area contributed by atoms with Crippen LogP contribution in [0.15, 0.2) is 54.1 Å². The Labute approximate surface area is 180 Å². The molecule has 1 atom stereocenters. The first-order chi connectivity index (χ1) is 14.5. The van der Waals surface area contributed by atoms with Crippen molar-refractivity contribution in [1.82, 2.24) is 4.90 Å². The first-order valence-corrected chi connectivity index (χ1v) is 10.6. The Kier molecular flexibility index (Phi) is 5.82. The van der Waals surface area contributed by atoms with Crippen molar-refractivity contribution in [3.63, 3.8) is 0 Å². The lowest BCUT2D eigenvalue weighted by Gasteiger charge is -2.35. The Bertz CT molecular complexity index is 996. The van der Waals surface area contributed by atoms with E-state index in [2.05, 4.69) is 0 Å². The minimum Gasteiger partial charge on any atom is -0.507 e. The third-order valence-corrected chi connectivity index (χ3v) is 6.30. The predicted octanol–water partition coefficient (Wildman–Crippen LogP) is 5.10. The standard InChI is InChI=1S/C24H24ClNO4/c1-30-19-14-16(12-13-18(19)25)22(27)20-21(15-8-4-2-5-9-15)26(24(29)23(20)28)17-10-6-3-7-11-17/h2,4-5,8-9,12-14,17,21,27H,3,6-7,10-11H2,1H3/b22-20-. The number of ether oxygens (including phenoxy) is 1. The molecule has 1 aliphatic heterocycles. The number of carbonyl (C=O) groups excluding carboxylic acids is 2. The molecule has 1 aliphatic carbocycles. The molecule has 30 heavy (non-hydrogen) atoms. The number of nitrogens with zero attached hydrogens (tertiary/aromatic N) is 1. The zero-order valence-electron chi connectivity index (χ0n) is 16.8. The maximum absolute atomic E-state index is 13.1. The summed E-state index contributed by atoms with van der Waals surface area (Å²) < 4.78 is 5.25. The molecule has 6 heteroatoms. The molecular formula is C24H24ClNO4. The molecule has 5 nitrogen and oxygen atoms in total. The van der Waals surface area contributed by atoms with Crippen LogP contribution >= 0.6 is 11.6 Å². The van der Waals surface area contributed by atoms with Crippen LogP contribution in [-0.4, -0.2) is 34.8 Å². The number of hydrogen-bond donors (Lipinski definition) is 1. The predicted molar refractivity (Wildman–Crippen MR) is 115 cm³/mol. The van der Waals surface area contributed by atoms with E-state index in [0.29, 0.717) is 16.3 Å². The van der Waals surface area contributed by atoms with Crippen molar-refractivity contribution in [1.29, 1.82) is 0 Å². The second-order valence-electron chi connectivity index (χ2n) is 7.76. The van der Waals surface area contributed by atoms with E-state index in [1.807, 2.05) is 30.3 Å². The lowest BCUT2D eigenvalue weighted by atomic mass is 9.91. The zero-order valence-corrected chi connectivity index (χ0v) is 17.6. The number of aliphatic hydroxyl groups excluding tert-OH is 1. The first-order valence-electron chi connectivity index (χ1n) is 10.2. The minimum absolute atomic E-state index is 0.00883. The quantitative estimate of drug-likeness (QED) is 0.420. The van der Waals surface area contributed by atoms with Crippen LogP contribution in [0.2, 0.25) is 5.02 Å². The van der Waals surface area contributed by atoms with Crippen LogP contribution in [0.25, 0.3) is 5.76 Å². The molecule has 2 aromatic rings. The molecule has 1 unspecified atom stereocenters. The number of rotatable bonds is 4. The highest BCUT2D eigenvalue weighted by Gasteiger charge is 2.48. The fraction of sp³-hybridized carbons (Fsp3) is 0.333. The van der Waals surface area contributed by atoms with Gasteiger partial charge in [0.15, 0.2) is 0 Å². The molecule has 2 aromatic carbocycles. The van der Waals surface area contributed by atoms with Gasteiger partial charge in [-0.2, -0.15) is 0 Å². The minimum atomic E-state index is -0.652. The SMILES string of the molecule is COc1cc(/C(O)=C2/C(=O)C(=O)N(C3CCCCC3)C2c2ccccc2)ccc1Cl. The Hall–Kier alpha value is -2.79. The van der Waals surface area contributed by atoms with Crippen molar-refractivity contribution in [3.8, 4) is 5.75 Å². The van der Waals surface area contributed by atoms with Crippen molar-refractivity contribution in [3.05, 3.63) is 70.3 Å². The molecule has 4 rings (SSSR count). The van der Waals surface area contributed by atoms with Crippen LogP contribution in [0.1, 0.15) is 49.3 Å². The number of aliphatic hydroxyl groups is 1. The van der Waals surface area contributed by atoms with Gasteiger partial charge in [-0.3, -0.25) is 9.59 Å². The first kappa shape index (κ1) is 20.5. The molecule has 1 saturated heterocycles. The Balaban J connectivity index is 1.87. The fourth-order valence-electron chi connectivity index (χ4n) is 4.51. The summed E-state index contributed by atoms with van der Waals surface area (Å²) in [4.78, 5) is 27.9. The van der Waals surface area contributed by atoms with Crippen LogP contribution in [0.5, 0.6) is 5.75 Å². The molecule has 2 fully saturated rings. The topological polar surface area (TPSA) is 66.8 Å². The number of hydrogen-bond acceptors (Lipinski definition) is 4. The van der Waals surface area contributed by atoms with Gasteiger partial charge in [-0.05, 0) is 36.6 Å². The van der Waals surface area contributed by atoms with E-state index in [4.69, 9.17) is 16.3 Å². The van der Waals surface area contributed by atoms with E-state index in [9.17, 15) is 14.7 Å². The van der Waals surface area contributed by atoms with E-state index in [0.717, 1.165) is 37.7 Å². The van der Waals surface area contributed by atoms with Gasteiger partial charge in [0.05, 0.1) is 23.7 Å². The molecule has 1 saturated carbocycles. The molecule has 1 amide bonds. The Morgan fingerprint density at radius 2 is 1.77 bits per heavy atom. The normalized spacial score (nSPS) is 21.8. The van der Waals surface area contributed by atoms with Gasteiger partial charge in [-0.25, -0.2) is 0 Å². The number of benzene rings is 2. The van der Waals surface area contributed by atoms with Gasteiger partial charge in [0.1, 0.15) is 11.5 Å². The summed E-state index contributed by atoms with van der Waals surface area (Å²) in [6.07, 6.45) is 4.93. The van der Waals surface area contributed by atoms with Gasteiger partial charge in [-0.1, -0.05) is 61.2 Å². The number of methoxy groups -OCH3 is 1. The van der Waals surface area contributed by atoms with Crippen LogP contribution in [0.3, 0.4) is 0 Å². The number of Topliss-reactive ketones (excluding diaryl/α,β-unsaturated/α-hetero) is 1. The molecule has 0 spiro atoms. The van der Waals surface area contributed by atoms with Gasteiger partial charge in [-0.15, -0.1) is 0 Å². The van der Waals surface area contributed by atoms with E-state index < -0.39 is 17.7 Å². The van der Waals surface area contributed by atoms with Crippen molar-refractivity contribution >= 4 is 29.1 Å². The molecule has 0 radical (unpaired) electrons. The summed E-state index contributed by atoms with van der Waals surface area (Å²) in [6.45, 7) is 0. The molecule has 0 aromatic heterocycles.